The van der Waals surface area contributed by atoms with Crippen LogP contribution < -0.4 is 10.2 Å². The molecule has 2 heterocycles. The van der Waals surface area contributed by atoms with Crippen molar-refractivity contribution in [3.8, 4) is 0 Å². The van der Waals surface area contributed by atoms with Gasteiger partial charge in [0.1, 0.15) is 5.82 Å². The van der Waals surface area contributed by atoms with E-state index in [1.54, 1.807) is 0 Å². The van der Waals surface area contributed by atoms with Crippen molar-refractivity contribution in [2.75, 3.05) is 37.6 Å². The Morgan fingerprint density at radius 3 is 2.86 bits per heavy atom. The molecule has 1 fully saturated rings. The van der Waals surface area contributed by atoms with Crippen LogP contribution in [-0.2, 0) is 6.54 Å². The fraction of sp³-hybridized carbons (Fsp3) is 0.706. The topological polar surface area (TPSA) is 31.4 Å². The largest absolute Gasteiger partial charge is 0.355 e. The quantitative estimate of drug-likeness (QED) is 0.746. The van der Waals surface area contributed by atoms with E-state index in [4.69, 9.17) is 0 Å². The van der Waals surface area contributed by atoms with Gasteiger partial charge in [-0.05, 0) is 38.5 Å². The minimum atomic E-state index is 0.679. The average Bonchev–Trinajstić information content (AvgIpc) is 2.99. The van der Waals surface area contributed by atoms with Crippen LogP contribution in [0.2, 0.25) is 0 Å². The van der Waals surface area contributed by atoms with Crippen molar-refractivity contribution in [3.05, 3.63) is 23.9 Å². The van der Waals surface area contributed by atoms with E-state index < -0.39 is 0 Å². The highest BCUT2D eigenvalue weighted by atomic mass is 15.3. The number of pyridine rings is 1. The Morgan fingerprint density at radius 1 is 1.33 bits per heavy atom. The first kappa shape index (κ1) is 16.2. The van der Waals surface area contributed by atoms with Crippen molar-refractivity contribution in [2.45, 2.75) is 46.2 Å². The lowest BCUT2D eigenvalue weighted by atomic mass is 10.2. The number of nitrogens with one attached hydrogen (secondary N) is 1. The molecule has 1 aliphatic rings. The highest BCUT2D eigenvalue weighted by Gasteiger charge is 2.27. The van der Waals surface area contributed by atoms with Gasteiger partial charge in [0.15, 0.2) is 0 Å². The third-order valence-electron chi connectivity index (χ3n) is 4.40. The minimum Gasteiger partial charge on any atom is -0.355 e. The Kier molecular flexibility index (Phi) is 6.46. The Labute approximate surface area is 129 Å². The van der Waals surface area contributed by atoms with E-state index in [1.807, 2.05) is 12.3 Å². The lowest BCUT2D eigenvalue weighted by Gasteiger charge is -2.27. The van der Waals surface area contributed by atoms with Gasteiger partial charge in [0, 0.05) is 37.4 Å². The number of aromatic nitrogens is 1. The molecule has 1 aromatic rings. The van der Waals surface area contributed by atoms with Gasteiger partial charge >= 0.3 is 0 Å². The molecule has 118 valence electrons. The van der Waals surface area contributed by atoms with Crippen LogP contribution in [0, 0.1) is 0 Å². The van der Waals surface area contributed by atoms with Gasteiger partial charge in [-0.25, -0.2) is 4.98 Å². The van der Waals surface area contributed by atoms with Crippen LogP contribution in [0.15, 0.2) is 18.3 Å². The third-order valence-corrected chi connectivity index (χ3v) is 4.40. The first-order chi connectivity index (χ1) is 10.3. The number of anilines is 1. The summed E-state index contributed by atoms with van der Waals surface area (Å²) >= 11 is 0. The second kappa shape index (κ2) is 8.35. The molecular formula is C17H30N4. The molecule has 0 aromatic carbocycles. The molecule has 1 atom stereocenters. The average molecular weight is 290 g/mol. The molecule has 2 rings (SSSR count). The fourth-order valence-electron chi connectivity index (χ4n) is 3.23. The van der Waals surface area contributed by atoms with Crippen LogP contribution in [0.1, 0.15) is 39.2 Å². The monoisotopic (exact) mass is 290 g/mol. The molecule has 21 heavy (non-hydrogen) atoms. The predicted octanol–water partition coefficient (Wildman–Crippen LogP) is 2.50. The normalized spacial score (nSPS) is 18.7. The van der Waals surface area contributed by atoms with Gasteiger partial charge in [-0.2, -0.15) is 0 Å². The van der Waals surface area contributed by atoms with Gasteiger partial charge in [0.2, 0.25) is 0 Å². The molecule has 1 saturated heterocycles. The van der Waals surface area contributed by atoms with E-state index in [2.05, 4.69) is 46.9 Å². The maximum absolute atomic E-state index is 4.65. The second-order valence-electron chi connectivity index (χ2n) is 5.77. The molecule has 0 saturated carbocycles. The second-order valence-corrected chi connectivity index (χ2v) is 5.77. The molecule has 1 aliphatic heterocycles. The first-order valence-electron chi connectivity index (χ1n) is 8.43. The van der Waals surface area contributed by atoms with Crippen molar-refractivity contribution in [2.24, 2.45) is 0 Å². The highest BCUT2D eigenvalue weighted by Crippen LogP contribution is 2.24. The van der Waals surface area contributed by atoms with E-state index in [1.165, 1.54) is 24.2 Å². The summed E-state index contributed by atoms with van der Waals surface area (Å²) < 4.78 is 0. The van der Waals surface area contributed by atoms with Crippen LogP contribution in [0.5, 0.6) is 0 Å². The van der Waals surface area contributed by atoms with Crippen LogP contribution in [0.25, 0.3) is 0 Å². The minimum absolute atomic E-state index is 0.679. The van der Waals surface area contributed by atoms with E-state index in [0.29, 0.717) is 6.04 Å². The summed E-state index contributed by atoms with van der Waals surface area (Å²) in [4.78, 5) is 9.68. The summed E-state index contributed by atoms with van der Waals surface area (Å²) in [5.41, 5.74) is 1.33. The number of likely N-dealkylation sites (N-methyl/N-ethyl adjacent to an activating group) is 1. The van der Waals surface area contributed by atoms with Gasteiger partial charge in [-0.3, -0.25) is 4.90 Å². The smallest absolute Gasteiger partial charge is 0.133 e. The standard InChI is InChI=1S/C17H30N4/c1-4-10-18-13-15-8-7-11-19-17(15)21-12-9-16(14-21)20(5-2)6-3/h7-8,11,16,18H,4-6,9-10,12-14H2,1-3H3. The van der Waals surface area contributed by atoms with Crippen LogP contribution in [-0.4, -0.2) is 48.6 Å². The summed E-state index contributed by atoms with van der Waals surface area (Å²) in [6.07, 6.45) is 4.34. The molecule has 1 N–H and O–H groups in total. The van der Waals surface area contributed by atoms with Crippen molar-refractivity contribution >= 4 is 5.82 Å². The summed E-state index contributed by atoms with van der Waals surface area (Å²) in [6.45, 7) is 13.2. The van der Waals surface area contributed by atoms with E-state index in [0.717, 1.165) is 39.3 Å². The lowest BCUT2D eigenvalue weighted by Crippen LogP contribution is -2.37. The van der Waals surface area contributed by atoms with Crippen molar-refractivity contribution in [3.63, 3.8) is 0 Å². The summed E-state index contributed by atoms with van der Waals surface area (Å²) in [5, 5.41) is 3.49. The SMILES string of the molecule is CCCNCc1cccnc1N1CCC(N(CC)CC)C1. The highest BCUT2D eigenvalue weighted by molar-refractivity contribution is 5.48. The van der Waals surface area contributed by atoms with Gasteiger partial charge in [-0.1, -0.05) is 26.8 Å². The van der Waals surface area contributed by atoms with Gasteiger partial charge in [0.25, 0.3) is 0 Å². The lowest BCUT2D eigenvalue weighted by molar-refractivity contribution is 0.232. The number of nitrogens with zero attached hydrogens (tertiary/aromatic N) is 3. The molecule has 0 spiro atoms. The van der Waals surface area contributed by atoms with Crippen LogP contribution in [0.4, 0.5) is 5.82 Å². The maximum atomic E-state index is 4.65. The summed E-state index contributed by atoms with van der Waals surface area (Å²) in [6, 6.07) is 4.93. The molecule has 1 unspecified atom stereocenters. The molecule has 0 aliphatic carbocycles. The Balaban J connectivity index is 2.02. The first-order valence-corrected chi connectivity index (χ1v) is 8.43. The molecule has 0 bridgehead atoms. The summed E-state index contributed by atoms with van der Waals surface area (Å²) in [7, 11) is 0. The van der Waals surface area contributed by atoms with Gasteiger partial charge < -0.3 is 10.2 Å². The van der Waals surface area contributed by atoms with Crippen molar-refractivity contribution < 1.29 is 0 Å². The molecular weight excluding hydrogens is 260 g/mol. The Morgan fingerprint density at radius 2 is 2.14 bits per heavy atom. The number of hydrogen-bond donors (Lipinski definition) is 1. The zero-order chi connectivity index (χ0) is 15.1. The molecule has 0 amide bonds. The maximum Gasteiger partial charge on any atom is 0.133 e. The third kappa shape index (κ3) is 4.17. The molecule has 4 heteroatoms. The Bertz CT molecular complexity index is 417. The predicted molar refractivity (Wildman–Crippen MR) is 89.8 cm³/mol. The number of hydrogen-bond acceptors (Lipinski definition) is 4. The molecule has 0 radical (unpaired) electrons. The van der Waals surface area contributed by atoms with E-state index >= 15 is 0 Å². The van der Waals surface area contributed by atoms with Crippen molar-refractivity contribution in [1.29, 1.82) is 0 Å². The van der Waals surface area contributed by atoms with Crippen molar-refractivity contribution in [1.82, 2.24) is 15.2 Å². The van der Waals surface area contributed by atoms with Gasteiger partial charge in [0.05, 0.1) is 0 Å². The zero-order valence-electron chi connectivity index (χ0n) is 13.8. The molecule has 1 aromatic heterocycles. The number of rotatable bonds is 8. The van der Waals surface area contributed by atoms with E-state index in [9.17, 15) is 0 Å². The summed E-state index contributed by atoms with van der Waals surface area (Å²) in [5.74, 6) is 1.18. The molecule has 4 nitrogen and oxygen atoms in total. The fourth-order valence-corrected chi connectivity index (χ4v) is 3.23. The Hall–Kier alpha value is -1.13. The zero-order valence-corrected chi connectivity index (χ0v) is 13.8. The van der Waals surface area contributed by atoms with Gasteiger partial charge in [-0.15, -0.1) is 0 Å². The van der Waals surface area contributed by atoms with Crippen LogP contribution >= 0.6 is 0 Å². The van der Waals surface area contributed by atoms with E-state index in [-0.39, 0.29) is 0 Å². The van der Waals surface area contributed by atoms with Crippen LogP contribution in [0.3, 0.4) is 0 Å².